The van der Waals surface area contributed by atoms with Gasteiger partial charge in [0.25, 0.3) is 0 Å². The fourth-order valence-electron chi connectivity index (χ4n) is 3.14. The molecule has 0 bridgehead atoms. The van der Waals surface area contributed by atoms with E-state index in [0.717, 1.165) is 42.4 Å². The van der Waals surface area contributed by atoms with Crippen molar-refractivity contribution >= 4 is 17.7 Å². The van der Waals surface area contributed by atoms with Gasteiger partial charge in [0.05, 0.1) is 0 Å². The molecule has 0 unspecified atom stereocenters. The fourth-order valence-corrected chi connectivity index (χ4v) is 4.27. The van der Waals surface area contributed by atoms with Gasteiger partial charge in [-0.05, 0) is 30.9 Å². The van der Waals surface area contributed by atoms with Crippen LogP contribution in [0.3, 0.4) is 0 Å². The second-order valence-electron chi connectivity index (χ2n) is 7.00. The number of nitrogens with one attached hydrogen (secondary N) is 1. The van der Waals surface area contributed by atoms with E-state index in [2.05, 4.69) is 39.1 Å². The maximum Gasteiger partial charge on any atom is 0.238 e. The number of amides is 1. The van der Waals surface area contributed by atoms with Gasteiger partial charge in [-0.1, -0.05) is 72.4 Å². The zero-order valence-electron chi connectivity index (χ0n) is 15.9. The Bertz CT molecular complexity index is 922. The summed E-state index contributed by atoms with van der Waals surface area (Å²) < 4.78 is 2.11. The number of carbonyl (C=O) groups excluding carboxylic acids is 1. The molecule has 1 amide bonds. The third kappa shape index (κ3) is 4.44. The van der Waals surface area contributed by atoms with Crippen molar-refractivity contribution in [1.29, 1.82) is 0 Å². The van der Waals surface area contributed by atoms with E-state index in [4.69, 9.17) is 0 Å². The first-order chi connectivity index (χ1) is 13.7. The highest BCUT2D eigenvalue weighted by Crippen LogP contribution is 2.36. The quantitative estimate of drug-likeness (QED) is 0.589. The van der Waals surface area contributed by atoms with Crippen LogP contribution in [0.15, 0.2) is 65.8 Å². The third-order valence-electron chi connectivity index (χ3n) is 4.80. The summed E-state index contributed by atoms with van der Waals surface area (Å²) in [5, 5.41) is 12.4. The van der Waals surface area contributed by atoms with Crippen LogP contribution < -0.4 is 5.32 Å². The van der Waals surface area contributed by atoms with E-state index in [1.54, 1.807) is 0 Å². The summed E-state index contributed by atoms with van der Waals surface area (Å²) in [6, 6.07) is 20.5. The zero-order valence-corrected chi connectivity index (χ0v) is 16.7. The molecule has 1 heterocycles. The van der Waals surface area contributed by atoms with Gasteiger partial charge in [-0.3, -0.25) is 4.79 Å². The Morgan fingerprint density at radius 3 is 2.43 bits per heavy atom. The average molecular weight is 393 g/mol. The normalized spacial score (nSPS) is 14.6. The topological polar surface area (TPSA) is 59.8 Å². The number of thioether (sulfide) groups is 1. The van der Waals surface area contributed by atoms with Crippen molar-refractivity contribution in [1.82, 2.24) is 20.1 Å². The summed E-state index contributed by atoms with van der Waals surface area (Å²) >= 11 is 1.48. The lowest BCUT2D eigenvalue weighted by Gasteiger charge is -2.17. The van der Waals surface area contributed by atoms with Crippen molar-refractivity contribution in [3.63, 3.8) is 0 Å². The van der Waals surface area contributed by atoms with Gasteiger partial charge in [0.2, 0.25) is 5.91 Å². The number of aromatic nitrogens is 3. The molecule has 4 rings (SSSR count). The van der Waals surface area contributed by atoms with Crippen molar-refractivity contribution < 1.29 is 4.79 Å². The van der Waals surface area contributed by atoms with Gasteiger partial charge in [-0.25, -0.2) is 0 Å². The van der Waals surface area contributed by atoms with Crippen LogP contribution in [0.1, 0.15) is 42.0 Å². The lowest BCUT2D eigenvalue weighted by Crippen LogP contribution is -2.30. The molecule has 1 aromatic heterocycles. The third-order valence-corrected chi connectivity index (χ3v) is 6.04. The molecular weight excluding hydrogens is 368 g/mol. The van der Waals surface area contributed by atoms with E-state index in [-0.39, 0.29) is 11.2 Å². The Balaban J connectivity index is 1.58. The second kappa shape index (κ2) is 8.61. The number of nitrogens with zero attached hydrogens (tertiary/aromatic N) is 3. The van der Waals surface area contributed by atoms with E-state index < -0.39 is 0 Å². The van der Waals surface area contributed by atoms with Crippen LogP contribution in [0, 0.1) is 0 Å². The highest BCUT2D eigenvalue weighted by Gasteiger charge is 2.30. The molecule has 2 aromatic carbocycles. The van der Waals surface area contributed by atoms with Crippen molar-refractivity contribution in [3.8, 4) is 0 Å². The molecule has 144 valence electrons. The molecule has 1 N–H and O–H groups in total. The molecule has 0 spiro atoms. The summed E-state index contributed by atoms with van der Waals surface area (Å²) in [6.45, 7) is 2.85. The molecule has 1 fully saturated rings. The maximum atomic E-state index is 12.9. The SMILES string of the molecule is CCn1c(Cc2ccccc2)nnc1S[C@@H](C(=O)NC1CC1)c1ccccc1. The van der Waals surface area contributed by atoms with Gasteiger partial charge in [0.15, 0.2) is 5.16 Å². The lowest BCUT2D eigenvalue weighted by molar-refractivity contribution is -0.120. The average Bonchev–Trinajstić information content (AvgIpc) is 3.46. The number of hydrogen-bond donors (Lipinski definition) is 1. The molecule has 0 radical (unpaired) electrons. The number of hydrogen-bond acceptors (Lipinski definition) is 4. The summed E-state index contributed by atoms with van der Waals surface area (Å²) in [6.07, 6.45) is 2.88. The Labute approximate surface area is 169 Å². The fraction of sp³-hybridized carbons (Fsp3) is 0.318. The molecule has 0 saturated heterocycles. The predicted molar refractivity (Wildman–Crippen MR) is 111 cm³/mol. The minimum Gasteiger partial charge on any atom is -0.352 e. The van der Waals surface area contributed by atoms with E-state index in [9.17, 15) is 4.79 Å². The van der Waals surface area contributed by atoms with Gasteiger partial charge in [0.1, 0.15) is 11.1 Å². The highest BCUT2D eigenvalue weighted by atomic mass is 32.2. The zero-order chi connectivity index (χ0) is 19.3. The van der Waals surface area contributed by atoms with Crippen molar-refractivity contribution in [2.45, 2.75) is 49.2 Å². The second-order valence-corrected chi connectivity index (χ2v) is 8.07. The summed E-state index contributed by atoms with van der Waals surface area (Å²) in [4.78, 5) is 12.9. The Hall–Kier alpha value is -2.60. The van der Waals surface area contributed by atoms with Gasteiger partial charge in [-0.15, -0.1) is 10.2 Å². The summed E-state index contributed by atoms with van der Waals surface area (Å²) in [5.41, 5.74) is 2.19. The smallest absolute Gasteiger partial charge is 0.238 e. The Morgan fingerprint density at radius 1 is 1.11 bits per heavy atom. The molecule has 5 nitrogen and oxygen atoms in total. The van der Waals surface area contributed by atoms with Crippen molar-refractivity contribution in [2.24, 2.45) is 0 Å². The molecule has 1 saturated carbocycles. The predicted octanol–water partition coefficient (Wildman–Crippen LogP) is 4.00. The maximum absolute atomic E-state index is 12.9. The van der Waals surface area contributed by atoms with Gasteiger partial charge in [0, 0.05) is 19.0 Å². The van der Waals surface area contributed by atoms with Crippen LogP contribution in [0.25, 0.3) is 0 Å². The van der Waals surface area contributed by atoms with E-state index >= 15 is 0 Å². The highest BCUT2D eigenvalue weighted by molar-refractivity contribution is 8.00. The first kappa shape index (κ1) is 18.7. The minimum absolute atomic E-state index is 0.0500. The number of rotatable bonds is 8. The van der Waals surface area contributed by atoms with Gasteiger partial charge < -0.3 is 9.88 Å². The van der Waals surface area contributed by atoms with E-state index in [1.165, 1.54) is 17.3 Å². The molecule has 1 aliphatic rings. The Morgan fingerprint density at radius 2 is 1.79 bits per heavy atom. The largest absolute Gasteiger partial charge is 0.352 e. The summed E-state index contributed by atoms with van der Waals surface area (Å²) in [5.74, 6) is 0.972. The van der Waals surface area contributed by atoms with Gasteiger partial charge in [-0.2, -0.15) is 0 Å². The monoisotopic (exact) mass is 392 g/mol. The molecule has 0 aliphatic heterocycles. The first-order valence-electron chi connectivity index (χ1n) is 9.72. The number of benzene rings is 2. The van der Waals surface area contributed by atoms with E-state index in [1.807, 2.05) is 48.5 Å². The van der Waals surface area contributed by atoms with Crippen molar-refractivity contribution in [2.75, 3.05) is 0 Å². The summed E-state index contributed by atoms with van der Waals surface area (Å²) in [7, 11) is 0. The standard InChI is InChI=1S/C22H24N4OS/c1-2-26-19(15-16-9-5-3-6-10-16)24-25-22(26)28-20(17-11-7-4-8-12-17)21(27)23-18-13-14-18/h3-12,18,20H,2,13-15H2,1H3,(H,23,27)/t20-/m1/s1. The van der Waals surface area contributed by atoms with Crippen LogP contribution in [-0.2, 0) is 17.8 Å². The molecule has 6 heteroatoms. The van der Waals surface area contributed by atoms with Crippen LogP contribution in [0.5, 0.6) is 0 Å². The van der Waals surface area contributed by atoms with Crippen LogP contribution in [0.2, 0.25) is 0 Å². The molecule has 1 aliphatic carbocycles. The molecular formula is C22H24N4OS. The minimum atomic E-state index is -0.333. The van der Waals surface area contributed by atoms with Crippen LogP contribution >= 0.6 is 11.8 Å². The van der Waals surface area contributed by atoms with E-state index in [0.29, 0.717) is 6.04 Å². The van der Waals surface area contributed by atoms with Crippen LogP contribution in [-0.4, -0.2) is 26.7 Å². The number of carbonyl (C=O) groups is 1. The van der Waals surface area contributed by atoms with Crippen LogP contribution in [0.4, 0.5) is 0 Å². The lowest BCUT2D eigenvalue weighted by atomic mass is 10.1. The molecule has 1 atom stereocenters. The first-order valence-corrected chi connectivity index (χ1v) is 10.6. The van der Waals surface area contributed by atoms with Gasteiger partial charge >= 0.3 is 0 Å². The Kier molecular flexibility index (Phi) is 5.76. The van der Waals surface area contributed by atoms with Crippen molar-refractivity contribution in [3.05, 3.63) is 77.6 Å². The molecule has 3 aromatic rings. The molecule has 28 heavy (non-hydrogen) atoms.